The van der Waals surface area contributed by atoms with Gasteiger partial charge in [-0.2, -0.15) is 0 Å². The Morgan fingerprint density at radius 1 is 1.00 bits per heavy atom. The molecule has 1 aliphatic rings. The van der Waals surface area contributed by atoms with Crippen LogP contribution in [0.25, 0.3) is 0 Å². The van der Waals surface area contributed by atoms with E-state index in [0.717, 1.165) is 5.56 Å². The molecule has 0 aliphatic carbocycles. The molecular weight excluding hydrogens is 693 g/mol. The van der Waals surface area contributed by atoms with E-state index in [1.165, 1.54) is 30.4 Å². The van der Waals surface area contributed by atoms with Gasteiger partial charge < -0.3 is 29.7 Å². The highest BCUT2D eigenvalue weighted by Gasteiger charge is 2.44. The Morgan fingerprint density at radius 3 is 2.22 bits per heavy atom. The van der Waals surface area contributed by atoms with E-state index in [0.29, 0.717) is 18.4 Å². The van der Waals surface area contributed by atoms with Gasteiger partial charge in [0.2, 0.25) is 11.8 Å². The lowest BCUT2D eigenvalue weighted by atomic mass is 9.85. The number of likely N-dealkylation sites (tertiary alicyclic amines) is 1. The number of aromatic nitrogens is 2. The number of halogens is 1. The Labute approximate surface area is 317 Å². The van der Waals surface area contributed by atoms with Crippen molar-refractivity contribution in [3.63, 3.8) is 0 Å². The lowest BCUT2D eigenvalue weighted by Gasteiger charge is -2.38. The summed E-state index contributed by atoms with van der Waals surface area (Å²) >= 11 is 0. The lowest BCUT2D eigenvalue weighted by molar-refractivity contribution is -0.141. The zero-order chi connectivity index (χ0) is 40.0. The fourth-order valence-electron chi connectivity index (χ4n) is 6.20. The molecule has 54 heavy (non-hydrogen) atoms. The quantitative estimate of drug-likeness (QED) is 0.279. The molecule has 1 aliphatic heterocycles. The van der Waals surface area contributed by atoms with Crippen molar-refractivity contribution in [3.8, 4) is 0 Å². The minimum absolute atomic E-state index is 0.0998. The monoisotopic (exact) mass is 747 g/mol. The number of hydrogen-bond donors (Lipinski definition) is 2. The van der Waals surface area contributed by atoms with Crippen LogP contribution < -0.4 is 10.6 Å². The van der Waals surface area contributed by atoms with Crippen LogP contribution in [0.3, 0.4) is 0 Å². The van der Waals surface area contributed by atoms with Crippen molar-refractivity contribution in [2.75, 3.05) is 26.7 Å². The number of likely N-dealkylation sites (N-methyl/N-ethyl adjacent to an activating group) is 1. The molecule has 3 aromatic rings. The van der Waals surface area contributed by atoms with Crippen molar-refractivity contribution in [2.45, 2.75) is 91.1 Å². The van der Waals surface area contributed by atoms with Crippen molar-refractivity contribution < 1.29 is 33.1 Å². The number of nitrogens with one attached hydrogen (secondary N) is 2. The number of benzene rings is 2. The summed E-state index contributed by atoms with van der Waals surface area (Å²) in [4.78, 5) is 77.2. The van der Waals surface area contributed by atoms with Gasteiger partial charge in [-0.25, -0.2) is 14.2 Å². The van der Waals surface area contributed by atoms with Crippen LogP contribution in [0.1, 0.15) is 81.3 Å². The summed E-state index contributed by atoms with van der Waals surface area (Å²) in [6, 6.07) is 11.8. The minimum atomic E-state index is -1.04. The topological polar surface area (TPSA) is 146 Å². The number of rotatable bonds is 12. The van der Waals surface area contributed by atoms with Crippen LogP contribution in [0.5, 0.6) is 0 Å². The average molecular weight is 748 g/mol. The van der Waals surface area contributed by atoms with Gasteiger partial charge in [0.1, 0.15) is 29.2 Å². The summed E-state index contributed by atoms with van der Waals surface area (Å²) < 4.78 is 20.8. The first kappa shape index (κ1) is 41.5. The fourth-order valence-corrected chi connectivity index (χ4v) is 6.20. The predicted molar refractivity (Wildman–Crippen MR) is 202 cm³/mol. The average Bonchev–Trinajstić information content (AvgIpc) is 3.72. The van der Waals surface area contributed by atoms with Crippen molar-refractivity contribution in [2.24, 2.45) is 12.5 Å². The molecule has 13 nitrogen and oxygen atoms in total. The third kappa shape index (κ3) is 11.1. The molecule has 4 atom stereocenters. The van der Waals surface area contributed by atoms with E-state index in [-0.39, 0.29) is 43.0 Å². The molecule has 1 fully saturated rings. The third-order valence-corrected chi connectivity index (χ3v) is 9.34. The Kier molecular flexibility index (Phi) is 13.3. The SMILES string of the molecule is C[C@@H](C(=O)N[C@H](C(=O)N1C[C@@H](NC(=O)c2ccccc2)C[C@H]1CN(CCc1ccc(F)cc1)C(=O)c1cn(C)cn1)C(C)(C)C)N(C)C(=O)OC(C)(C)C. The summed E-state index contributed by atoms with van der Waals surface area (Å²) in [5.74, 6) is -1.95. The van der Waals surface area contributed by atoms with Crippen molar-refractivity contribution in [1.82, 2.24) is 34.9 Å². The van der Waals surface area contributed by atoms with E-state index in [9.17, 15) is 28.4 Å². The van der Waals surface area contributed by atoms with E-state index in [1.807, 2.05) is 26.8 Å². The number of carbonyl (C=O) groups excluding carboxylic acids is 5. The number of carbonyl (C=O) groups is 5. The third-order valence-electron chi connectivity index (χ3n) is 9.34. The van der Waals surface area contributed by atoms with E-state index in [1.54, 1.807) is 91.7 Å². The molecule has 4 rings (SSSR count). The van der Waals surface area contributed by atoms with Crippen molar-refractivity contribution in [3.05, 3.63) is 89.8 Å². The maximum Gasteiger partial charge on any atom is 0.410 e. The summed E-state index contributed by atoms with van der Waals surface area (Å²) in [7, 11) is 3.22. The molecule has 0 radical (unpaired) electrons. The van der Waals surface area contributed by atoms with Crippen LogP contribution in [0.4, 0.5) is 9.18 Å². The van der Waals surface area contributed by atoms with E-state index in [4.69, 9.17) is 4.74 Å². The summed E-state index contributed by atoms with van der Waals surface area (Å²) in [5.41, 5.74) is -0.0344. The van der Waals surface area contributed by atoms with Gasteiger partial charge in [-0.15, -0.1) is 0 Å². The Hall–Kier alpha value is -5.27. The Balaban J connectivity index is 1.64. The number of nitrogens with zero attached hydrogens (tertiary/aromatic N) is 5. The van der Waals surface area contributed by atoms with Crippen LogP contribution in [0.2, 0.25) is 0 Å². The molecular formula is C40H54FN7O6. The summed E-state index contributed by atoms with van der Waals surface area (Å²) in [6.07, 6.45) is 3.21. The number of aryl methyl sites for hydroxylation is 1. The van der Waals surface area contributed by atoms with Crippen LogP contribution in [0.15, 0.2) is 67.1 Å². The second kappa shape index (κ2) is 17.3. The van der Waals surface area contributed by atoms with Crippen LogP contribution in [-0.4, -0.2) is 110 Å². The smallest absolute Gasteiger partial charge is 0.410 e. The van der Waals surface area contributed by atoms with Gasteiger partial charge >= 0.3 is 6.09 Å². The molecule has 2 aromatic carbocycles. The summed E-state index contributed by atoms with van der Waals surface area (Å²) in [6.45, 7) is 12.7. The Bertz CT molecular complexity index is 1780. The van der Waals surface area contributed by atoms with Gasteiger partial charge in [0.25, 0.3) is 11.8 Å². The first-order valence-corrected chi connectivity index (χ1v) is 18.2. The molecule has 1 saturated heterocycles. The Morgan fingerprint density at radius 2 is 1.65 bits per heavy atom. The zero-order valence-electron chi connectivity index (χ0n) is 32.8. The van der Waals surface area contributed by atoms with Crippen molar-refractivity contribution in [1.29, 1.82) is 0 Å². The molecule has 0 bridgehead atoms. The maximum atomic E-state index is 14.7. The van der Waals surface area contributed by atoms with Crippen LogP contribution in [0, 0.1) is 11.2 Å². The molecule has 1 aromatic heterocycles. The van der Waals surface area contributed by atoms with Gasteiger partial charge in [-0.05, 0) is 75.8 Å². The summed E-state index contributed by atoms with van der Waals surface area (Å²) in [5, 5.41) is 5.96. The standard InChI is InChI=1S/C40H54FN7O6/c1-26(46(9)38(53)54-40(5,6)7)34(49)44-33(39(2,3)4)37(52)48-22-30(43-35(50)28-13-11-10-12-14-28)21-31(48)23-47(36(51)32-24-45(8)25-42-32)20-19-27-15-17-29(41)18-16-27/h10-18,24-26,30-31,33H,19-23H2,1-9H3,(H,43,50)(H,44,49)/t26-,30-,31-,33+/m0/s1. The molecule has 5 amide bonds. The highest BCUT2D eigenvalue weighted by atomic mass is 19.1. The largest absolute Gasteiger partial charge is 0.444 e. The fraction of sp³-hybridized carbons (Fsp3) is 0.500. The number of hydrogen-bond acceptors (Lipinski definition) is 7. The lowest BCUT2D eigenvalue weighted by Crippen LogP contribution is -2.60. The van der Waals surface area contributed by atoms with Gasteiger partial charge in [0, 0.05) is 51.5 Å². The molecule has 2 N–H and O–H groups in total. The number of ether oxygens (including phenoxy) is 1. The first-order chi connectivity index (χ1) is 25.2. The van der Waals surface area contributed by atoms with E-state index in [2.05, 4.69) is 15.6 Å². The van der Waals surface area contributed by atoms with E-state index >= 15 is 0 Å². The maximum absolute atomic E-state index is 14.7. The predicted octanol–water partition coefficient (Wildman–Crippen LogP) is 4.43. The van der Waals surface area contributed by atoms with Crippen molar-refractivity contribution >= 4 is 29.7 Å². The minimum Gasteiger partial charge on any atom is -0.444 e. The molecule has 292 valence electrons. The van der Waals surface area contributed by atoms with Crippen LogP contribution >= 0.6 is 0 Å². The van der Waals surface area contributed by atoms with Gasteiger partial charge in [0.15, 0.2) is 0 Å². The van der Waals surface area contributed by atoms with Gasteiger partial charge in [-0.3, -0.25) is 24.1 Å². The molecule has 0 saturated carbocycles. The number of amides is 5. The molecule has 0 unspecified atom stereocenters. The zero-order valence-corrected chi connectivity index (χ0v) is 32.8. The molecule has 14 heteroatoms. The molecule has 2 heterocycles. The highest BCUT2D eigenvalue weighted by Crippen LogP contribution is 2.28. The van der Waals surface area contributed by atoms with E-state index < -0.39 is 53.1 Å². The first-order valence-electron chi connectivity index (χ1n) is 18.2. The highest BCUT2D eigenvalue weighted by molar-refractivity contribution is 5.95. The van der Waals surface area contributed by atoms with Gasteiger partial charge in [0.05, 0.1) is 12.4 Å². The molecule has 0 spiro atoms. The van der Waals surface area contributed by atoms with Gasteiger partial charge in [-0.1, -0.05) is 51.1 Å². The second-order valence-corrected chi connectivity index (χ2v) is 16.0. The number of imidazole rings is 1. The second-order valence-electron chi connectivity index (χ2n) is 16.0. The normalized spacial score (nSPS) is 17.0. The van der Waals surface area contributed by atoms with Crippen LogP contribution in [-0.2, 0) is 27.8 Å².